The van der Waals surface area contributed by atoms with Crippen LogP contribution in [0.3, 0.4) is 0 Å². The van der Waals surface area contributed by atoms with Crippen molar-refractivity contribution in [2.45, 2.75) is 59.2 Å². The van der Waals surface area contributed by atoms with Crippen LogP contribution in [0.4, 0.5) is 0 Å². The van der Waals surface area contributed by atoms with Gasteiger partial charge in [0.1, 0.15) is 11.5 Å². The second-order valence-corrected chi connectivity index (χ2v) is 10.7. The molecule has 2 fully saturated rings. The number of nitrogens with one attached hydrogen (secondary N) is 1. The molecule has 33 heavy (non-hydrogen) atoms. The highest BCUT2D eigenvalue weighted by atomic mass is 16.5. The van der Waals surface area contributed by atoms with Crippen molar-refractivity contribution in [3.63, 3.8) is 0 Å². The van der Waals surface area contributed by atoms with Gasteiger partial charge in [0.15, 0.2) is 0 Å². The number of carbonyl (C=O) groups is 1. The maximum absolute atomic E-state index is 13.5. The van der Waals surface area contributed by atoms with Crippen molar-refractivity contribution in [2.24, 2.45) is 16.7 Å². The Kier molecular flexibility index (Phi) is 6.71. The van der Waals surface area contributed by atoms with Gasteiger partial charge in [-0.25, -0.2) is 0 Å². The Morgan fingerprint density at radius 3 is 1.88 bits per heavy atom. The zero-order chi connectivity index (χ0) is 23.6. The van der Waals surface area contributed by atoms with Crippen molar-refractivity contribution in [3.05, 3.63) is 59.7 Å². The van der Waals surface area contributed by atoms with Gasteiger partial charge < -0.3 is 19.7 Å². The minimum absolute atomic E-state index is 0.129. The molecular formula is C28H38N2O3. The predicted molar refractivity (Wildman–Crippen MR) is 131 cm³/mol. The summed E-state index contributed by atoms with van der Waals surface area (Å²) >= 11 is 0. The van der Waals surface area contributed by atoms with Gasteiger partial charge in [-0.05, 0) is 71.4 Å². The molecule has 2 aliphatic rings. The Hall–Kier alpha value is -2.53. The molecule has 2 saturated carbocycles. The Morgan fingerprint density at radius 1 is 0.939 bits per heavy atom. The molecule has 0 aromatic heterocycles. The van der Waals surface area contributed by atoms with E-state index in [0.29, 0.717) is 31.1 Å². The van der Waals surface area contributed by atoms with E-state index >= 15 is 0 Å². The van der Waals surface area contributed by atoms with Crippen molar-refractivity contribution < 1.29 is 14.3 Å². The molecule has 2 aromatic carbocycles. The van der Waals surface area contributed by atoms with Crippen molar-refractivity contribution in [1.82, 2.24) is 10.2 Å². The van der Waals surface area contributed by atoms with Gasteiger partial charge in [0.05, 0.1) is 20.8 Å². The van der Waals surface area contributed by atoms with E-state index in [1.54, 1.807) is 14.2 Å². The van der Waals surface area contributed by atoms with Crippen LogP contribution in [0.1, 0.15) is 51.2 Å². The third-order valence-electron chi connectivity index (χ3n) is 8.14. The molecule has 3 atom stereocenters. The first-order valence-corrected chi connectivity index (χ1v) is 12.0. The summed E-state index contributed by atoms with van der Waals surface area (Å²) in [5.74, 6) is 2.52. The predicted octanol–water partition coefficient (Wildman–Crippen LogP) is 5.04. The van der Waals surface area contributed by atoms with Gasteiger partial charge in [-0.2, -0.15) is 0 Å². The number of hydrogen-bond acceptors (Lipinski definition) is 4. The van der Waals surface area contributed by atoms with Crippen molar-refractivity contribution in [2.75, 3.05) is 20.8 Å². The summed E-state index contributed by atoms with van der Waals surface area (Å²) in [6.07, 6.45) is 3.85. The van der Waals surface area contributed by atoms with Crippen LogP contribution in [0.5, 0.6) is 11.5 Å². The van der Waals surface area contributed by atoms with E-state index in [-0.39, 0.29) is 11.3 Å². The van der Waals surface area contributed by atoms with Crippen LogP contribution < -0.4 is 14.8 Å². The van der Waals surface area contributed by atoms with Crippen LogP contribution in [0.15, 0.2) is 48.5 Å². The van der Waals surface area contributed by atoms with Crippen molar-refractivity contribution in [3.8, 4) is 11.5 Å². The van der Waals surface area contributed by atoms with Gasteiger partial charge in [-0.3, -0.25) is 4.79 Å². The van der Waals surface area contributed by atoms with Gasteiger partial charge in [0.25, 0.3) is 0 Å². The molecule has 1 amide bonds. The molecule has 0 heterocycles. The minimum Gasteiger partial charge on any atom is -0.497 e. The summed E-state index contributed by atoms with van der Waals surface area (Å²) in [6.45, 7) is 8.63. The molecule has 5 nitrogen and oxygen atoms in total. The van der Waals surface area contributed by atoms with E-state index < -0.39 is 0 Å². The van der Waals surface area contributed by atoms with Crippen molar-refractivity contribution >= 4 is 5.91 Å². The van der Waals surface area contributed by atoms with E-state index in [1.807, 2.05) is 53.4 Å². The van der Waals surface area contributed by atoms with E-state index in [2.05, 4.69) is 26.1 Å². The number of amides is 1. The summed E-state index contributed by atoms with van der Waals surface area (Å²) in [5.41, 5.74) is 2.70. The fourth-order valence-electron chi connectivity index (χ4n) is 6.25. The molecule has 0 saturated heterocycles. The van der Waals surface area contributed by atoms with E-state index in [0.717, 1.165) is 28.5 Å². The van der Waals surface area contributed by atoms with Gasteiger partial charge in [0, 0.05) is 19.1 Å². The molecule has 2 bridgehead atoms. The average molecular weight is 451 g/mol. The van der Waals surface area contributed by atoms with Gasteiger partial charge >= 0.3 is 0 Å². The summed E-state index contributed by atoms with van der Waals surface area (Å²) in [7, 11) is 3.33. The topological polar surface area (TPSA) is 50.8 Å². The van der Waals surface area contributed by atoms with Crippen LogP contribution in [-0.2, 0) is 17.9 Å². The number of carbonyl (C=O) groups excluding carboxylic acids is 1. The normalized spacial score (nSPS) is 25.1. The standard InChI is InChI=1S/C28H38N2O3/c1-27(2)22-14-15-28(3,16-22)26(27)29-17-25(31)30(18-20-6-10-23(32-4)11-7-20)19-21-8-12-24(33-5)13-9-21/h6-13,22,26,29H,14-19H2,1-5H3. The third-order valence-corrected chi connectivity index (χ3v) is 8.14. The summed E-state index contributed by atoms with van der Waals surface area (Å²) in [6, 6.07) is 16.3. The Labute approximate surface area is 198 Å². The van der Waals surface area contributed by atoms with E-state index in [4.69, 9.17) is 9.47 Å². The lowest BCUT2D eigenvalue weighted by atomic mass is 9.68. The zero-order valence-electron chi connectivity index (χ0n) is 20.7. The highest BCUT2D eigenvalue weighted by Gasteiger charge is 2.59. The van der Waals surface area contributed by atoms with E-state index in [9.17, 15) is 4.79 Å². The largest absolute Gasteiger partial charge is 0.497 e. The van der Waals surface area contributed by atoms with Crippen molar-refractivity contribution in [1.29, 1.82) is 0 Å². The first-order valence-electron chi connectivity index (χ1n) is 12.0. The smallest absolute Gasteiger partial charge is 0.237 e. The maximum atomic E-state index is 13.5. The lowest BCUT2D eigenvalue weighted by molar-refractivity contribution is -0.132. The summed E-state index contributed by atoms with van der Waals surface area (Å²) < 4.78 is 10.6. The highest BCUT2D eigenvalue weighted by molar-refractivity contribution is 5.78. The molecule has 178 valence electrons. The molecule has 3 unspecified atom stereocenters. The van der Waals surface area contributed by atoms with Crippen LogP contribution >= 0.6 is 0 Å². The number of hydrogen-bond donors (Lipinski definition) is 1. The third kappa shape index (κ3) is 4.89. The average Bonchev–Trinajstić information content (AvgIpc) is 3.30. The fraction of sp³-hybridized carbons (Fsp3) is 0.536. The molecule has 2 aliphatic carbocycles. The fourth-order valence-corrected chi connectivity index (χ4v) is 6.25. The number of ether oxygens (including phenoxy) is 2. The van der Waals surface area contributed by atoms with Gasteiger partial charge in [-0.15, -0.1) is 0 Å². The number of nitrogens with zero attached hydrogens (tertiary/aromatic N) is 1. The van der Waals surface area contributed by atoms with E-state index in [1.165, 1.54) is 19.3 Å². The maximum Gasteiger partial charge on any atom is 0.237 e. The Morgan fingerprint density at radius 2 is 1.45 bits per heavy atom. The quantitative estimate of drug-likeness (QED) is 0.582. The Balaban J connectivity index is 1.48. The zero-order valence-corrected chi connectivity index (χ0v) is 20.7. The number of benzene rings is 2. The lowest BCUT2D eigenvalue weighted by Gasteiger charge is -2.43. The van der Waals surface area contributed by atoms with Crippen LogP contribution in [0.25, 0.3) is 0 Å². The Bertz CT molecular complexity index is 900. The SMILES string of the molecule is COc1ccc(CN(Cc2ccc(OC)cc2)C(=O)CNC2C3(C)CCC(C3)C2(C)C)cc1. The summed E-state index contributed by atoms with van der Waals surface area (Å²) in [4.78, 5) is 15.4. The molecule has 0 radical (unpaired) electrons. The lowest BCUT2D eigenvalue weighted by Crippen LogP contribution is -2.53. The second kappa shape index (κ2) is 9.38. The first kappa shape index (κ1) is 23.6. The van der Waals surface area contributed by atoms with Crippen LogP contribution in [0.2, 0.25) is 0 Å². The molecule has 0 aliphatic heterocycles. The van der Waals surface area contributed by atoms with Gasteiger partial charge in [-0.1, -0.05) is 45.0 Å². The van der Waals surface area contributed by atoms with Gasteiger partial charge in [0.2, 0.25) is 5.91 Å². The second-order valence-electron chi connectivity index (χ2n) is 10.7. The first-order chi connectivity index (χ1) is 15.7. The molecule has 1 N–H and O–H groups in total. The monoisotopic (exact) mass is 450 g/mol. The molecule has 5 heteroatoms. The minimum atomic E-state index is 0.129. The molecule has 2 aromatic rings. The number of rotatable bonds is 9. The molecule has 0 spiro atoms. The van der Waals surface area contributed by atoms with Crippen LogP contribution in [0, 0.1) is 16.7 Å². The number of fused-ring (bicyclic) bond motifs is 2. The number of methoxy groups -OCH3 is 2. The van der Waals surface area contributed by atoms with Crippen LogP contribution in [-0.4, -0.2) is 37.6 Å². The molecule has 4 rings (SSSR count). The molecular weight excluding hydrogens is 412 g/mol. The summed E-state index contributed by atoms with van der Waals surface area (Å²) in [5, 5.41) is 3.70. The highest BCUT2D eigenvalue weighted by Crippen LogP contribution is 2.62.